The van der Waals surface area contributed by atoms with Gasteiger partial charge in [0.25, 0.3) is 0 Å². The molecule has 0 N–H and O–H groups in total. The van der Waals surface area contributed by atoms with Gasteiger partial charge in [0.15, 0.2) is 0 Å². The standard InChI is InChI=1S/C8H13ClO2.K/c1-2-7(9)5-3-4-6-8(10)11;/h3,5,7H,2,4,6H2,1H3,(H,10,11);/q;+1/p-1/b5-3+;. The van der Waals surface area contributed by atoms with E-state index >= 15 is 0 Å². The van der Waals surface area contributed by atoms with Crippen molar-refractivity contribution in [2.75, 3.05) is 0 Å². The third-order valence-electron chi connectivity index (χ3n) is 1.25. The Balaban J connectivity index is 0. The maximum atomic E-state index is 9.94. The number of carbonyl (C=O) groups excluding carboxylic acids is 1. The molecule has 0 heterocycles. The molecule has 12 heavy (non-hydrogen) atoms. The fourth-order valence-electron chi connectivity index (χ4n) is 0.581. The van der Waals surface area contributed by atoms with Crippen LogP contribution in [0, 0.1) is 0 Å². The van der Waals surface area contributed by atoms with Crippen LogP contribution in [0.5, 0.6) is 0 Å². The third-order valence-corrected chi connectivity index (χ3v) is 1.70. The maximum absolute atomic E-state index is 9.94. The Hall–Kier alpha value is 1.14. The van der Waals surface area contributed by atoms with Gasteiger partial charge < -0.3 is 9.90 Å². The number of hydrogen-bond acceptors (Lipinski definition) is 2. The van der Waals surface area contributed by atoms with Crippen molar-refractivity contribution < 1.29 is 61.3 Å². The summed E-state index contributed by atoms with van der Waals surface area (Å²) in [6.45, 7) is 1.97. The van der Waals surface area contributed by atoms with Gasteiger partial charge in [-0.15, -0.1) is 11.6 Å². The second-order valence-electron chi connectivity index (χ2n) is 2.26. The van der Waals surface area contributed by atoms with Gasteiger partial charge in [0.2, 0.25) is 0 Å². The average Bonchev–Trinajstić information content (AvgIpc) is 1.97. The van der Waals surface area contributed by atoms with Crippen molar-refractivity contribution in [1.29, 1.82) is 0 Å². The molecule has 4 heteroatoms. The van der Waals surface area contributed by atoms with Gasteiger partial charge in [0.1, 0.15) is 0 Å². The van der Waals surface area contributed by atoms with E-state index in [0.29, 0.717) is 6.42 Å². The van der Waals surface area contributed by atoms with Gasteiger partial charge >= 0.3 is 51.4 Å². The van der Waals surface area contributed by atoms with Gasteiger partial charge in [-0.3, -0.25) is 0 Å². The van der Waals surface area contributed by atoms with E-state index in [1.54, 1.807) is 6.08 Å². The molecule has 0 aromatic carbocycles. The molecule has 0 rings (SSSR count). The molecule has 0 saturated carbocycles. The van der Waals surface area contributed by atoms with Crippen molar-refractivity contribution >= 4 is 17.6 Å². The topological polar surface area (TPSA) is 40.1 Å². The largest absolute Gasteiger partial charge is 1.00 e. The van der Waals surface area contributed by atoms with Crippen LogP contribution < -0.4 is 56.5 Å². The maximum Gasteiger partial charge on any atom is 1.00 e. The molecule has 1 atom stereocenters. The van der Waals surface area contributed by atoms with E-state index in [1.165, 1.54) is 0 Å². The summed E-state index contributed by atoms with van der Waals surface area (Å²) in [5, 5.41) is 9.96. The van der Waals surface area contributed by atoms with E-state index in [1.807, 2.05) is 13.0 Å². The first-order valence-corrected chi connectivity index (χ1v) is 4.11. The summed E-state index contributed by atoms with van der Waals surface area (Å²) >= 11 is 5.73. The zero-order valence-corrected chi connectivity index (χ0v) is 11.4. The normalized spacial score (nSPS) is 12.5. The molecule has 0 aliphatic heterocycles. The Morgan fingerprint density at radius 3 is 2.67 bits per heavy atom. The molecule has 64 valence electrons. The van der Waals surface area contributed by atoms with Crippen molar-refractivity contribution in [3.8, 4) is 0 Å². The summed E-state index contributed by atoms with van der Waals surface area (Å²) in [6.07, 6.45) is 5.03. The quantitative estimate of drug-likeness (QED) is 0.305. The summed E-state index contributed by atoms with van der Waals surface area (Å²) in [6, 6.07) is 0. The zero-order chi connectivity index (χ0) is 8.69. The Bertz CT molecular complexity index is 148. The second kappa shape index (κ2) is 10.2. The number of halogens is 1. The van der Waals surface area contributed by atoms with Crippen LogP contribution in [-0.4, -0.2) is 11.3 Å². The molecule has 1 unspecified atom stereocenters. The second-order valence-corrected chi connectivity index (χ2v) is 2.82. The number of rotatable bonds is 5. The van der Waals surface area contributed by atoms with E-state index in [2.05, 4.69) is 0 Å². The van der Waals surface area contributed by atoms with E-state index in [0.717, 1.165) is 6.42 Å². The first kappa shape index (κ1) is 15.6. The van der Waals surface area contributed by atoms with Crippen LogP contribution in [0.25, 0.3) is 0 Å². The summed E-state index contributed by atoms with van der Waals surface area (Å²) in [7, 11) is 0. The molecule has 0 spiro atoms. The van der Waals surface area contributed by atoms with Gasteiger partial charge in [0.05, 0.1) is 5.38 Å². The molecule has 0 aromatic heterocycles. The number of aliphatic carboxylic acids is 1. The van der Waals surface area contributed by atoms with Crippen LogP contribution in [-0.2, 0) is 4.79 Å². The molecule has 0 aliphatic rings. The van der Waals surface area contributed by atoms with E-state index in [-0.39, 0.29) is 63.2 Å². The zero-order valence-electron chi connectivity index (χ0n) is 7.55. The molecule has 0 amide bonds. The average molecular weight is 215 g/mol. The monoisotopic (exact) mass is 214 g/mol. The van der Waals surface area contributed by atoms with Crippen LogP contribution in [0.2, 0.25) is 0 Å². The van der Waals surface area contributed by atoms with Crippen molar-refractivity contribution in [2.24, 2.45) is 0 Å². The Kier molecular flexibility index (Phi) is 13.3. The SMILES string of the molecule is CCC(Cl)/C=C/CCC(=O)[O-].[K+]. The molecule has 0 saturated heterocycles. The van der Waals surface area contributed by atoms with Crippen LogP contribution in [0.3, 0.4) is 0 Å². The summed E-state index contributed by atoms with van der Waals surface area (Å²) in [4.78, 5) is 9.94. The summed E-state index contributed by atoms with van der Waals surface area (Å²) in [5.41, 5.74) is 0. The number of hydrogen-bond donors (Lipinski definition) is 0. The number of carbonyl (C=O) groups is 1. The Morgan fingerprint density at radius 1 is 1.67 bits per heavy atom. The minimum atomic E-state index is -1.02. The first-order chi connectivity index (χ1) is 5.16. The van der Waals surface area contributed by atoms with Gasteiger partial charge in [0, 0.05) is 5.97 Å². The van der Waals surface area contributed by atoms with Crippen molar-refractivity contribution in [2.45, 2.75) is 31.6 Å². The van der Waals surface area contributed by atoms with E-state index in [4.69, 9.17) is 11.6 Å². The molecule has 0 bridgehead atoms. The number of carboxylic acid groups (broad SMARTS) is 1. The summed E-state index contributed by atoms with van der Waals surface area (Å²) < 4.78 is 0. The van der Waals surface area contributed by atoms with Crippen molar-refractivity contribution in [3.05, 3.63) is 12.2 Å². The van der Waals surface area contributed by atoms with Crippen LogP contribution in [0.4, 0.5) is 0 Å². The number of allylic oxidation sites excluding steroid dienone is 2. The Labute approximate surface area is 121 Å². The minimum Gasteiger partial charge on any atom is -0.550 e. The molecule has 0 fully saturated rings. The molecule has 0 aliphatic carbocycles. The van der Waals surface area contributed by atoms with Gasteiger partial charge in [-0.25, -0.2) is 0 Å². The van der Waals surface area contributed by atoms with Gasteiger partial charge in [-0.1, -0.05) is 19.1 Å². The minimum absolute atomic E-state index is 0. The Morgan fingerprint density at radius 2 is 2.25 bits per heavy atom. The molecular formula is C8H12ClKO2. The fraction of sp³-hybridized carbons (Fsp3) is 0.625. The van der Waals surface area contributed by atoms with E-state index < -0.39 is 5.97 Å². The van der Waals surface area contributed by atoms with Gasteiger partial charge in [-0.05, 0) is 19.3 Å². The molecule has 0 radical (unpaired) electrons. The van der Waals surface area contributed by atoms with E-state index in [9.17, 15) is 9.90 Å². The smallest absolute Gasteiger partial charge is 0.550 e. The predicted octanol–water partition coefficient (Wildman–Crippen LogP) is -1.91. The van der Waals surface area contributed by atoms with Crippen LogP contribution >= 0.6 is 11.6 Å². The fourth-order valence-corrected chi connectivity index (χ4v) is 0.684. The molecule has 2 nitrogen and oxygen atoms in total. The van der Waals surface area contributed by atoms with Crippen LogP contribution in [0.1, 0.15) is 26.2 Å². The molecule has 0 aromatic rings. The number of carboxylic acids is 1. The number of alkyl halides is 1. The van der Waals surface area contributed by atoms with Crippen LogP contribution in [0.15, 0.2) is 12.2 Å². The summed E-state index contributed by atoms with van der Waals surface area (Å²) in [5.74, 6) is -1.02. The van der Waals surface area contributed by atoms with Gasteiger partial charge in [-0.2, -0.15) is 0 Å². The van der Waals surface area contributed by atoms with Crippen molar-refractivity contribution in [1.82, 2.24) is 0 Å². The first-order valence-electron chi connectivity index (χ1n) is 3.67. The predicted molar refractivity (Wildman–Crippen MR) is 43.3 cm³/mol. The molecular weight excluding hydrogens is 203 g/mol. The van der Waals surface area contributed by atoms with Crippen molar-refractivity contribution in [3.63, 3.8) is 0 Å². The third kappa shape index (κ3) is 11.1.